The number of nitrogens with zero attached hydrogens (tertiary/aromatic N) is 1. The van der Waals surface area contributed by atoms with E-state index in [1.165, 1.54) is 0 Å². The maximum atomic E-state index is 12.1. The first-order valence-electron chi connectivity index (χ1n) is 9.33. The SMILES string of the molecule is CCCCOc1ccc(CN2CC3(C[C@@H]2C(=O)NO)OCCCO3)cc1. The van der Waals surface area contributed by atoms with Crippen molar-refractivity contribution in [2.24, 2.45) is 0 Å². The molecule has 2 aliphatic heterocycles. The summed E-state index contributed by atoms with van der Waals surface area (Å²) in [4.78, 5) is 14.1. The lowest BCUT2D eigenvalue weighted by molar-refractivity contribution is -0.258. The van der Waals surface area contributed by atoms with Crippen LogP contribution in [-0.2, 0) is 20.8 Å². The van der Waals surface area contributed by atoms with E-state index in [1.54, 1.807) is 5.48 Å². The highest BCUT2D eigenvalue weighted by molar-refractivity contribution is 5.81. The Hall–Kier alpha value is -1.67. The highest BCUT2D eigenvalue weighted by Gasteiger charge is 2.49. The Bertz CT molecular complexity index is 586. The number of carbonyl (C=O) groups excluding carboxylic acids is 1. The zero-order valence-electron chi connectivity index (χ0n) is 15.3. The molecule has 2 saturated heterocycles. The standard InChI is InChI=1S/C19H28N2O5/c1-2-3-9-24-16-7-5-15(6-8-16)13-21-14-19(25-10-4-11-26-19)12-17(21)18(22)20-23/h5-8,17,23H,2-4,9-14H2,1H3,(H,20,22)/t17-/m1/s1. The highest BCUT2D eigenvalue weighted by Crippen LogP contribution is 2.35. The predicted molar refractivity (Wildman–Crippen MR) is 94.8 cm³/mol. The molecule has 0 aliphatic carbocycles. The Balaban J connectivity index is 1.65. The lowest BCUT2D eigenvalue weighted by Gasteiger charge is -2.33. The highest BCUT2D eigenvalue weighted by atomic mass is 16.7. The number of benzene rings is 1. The monoisotopic (exact) mass is 364 g/mol. The number of likely N-dealkylation sites (tertiary alicyclic amines) is 1. The first-order valence-corrected chi connectivity index (χ1v) is 9.33. The molecule has 0 aromatic heterocycles. The molecule has 3 rings (SSSR count). The second-order valence-electron chi connectivity index (χ2n) is 6.91. The summed E-state index contributed by atoms with van der Waals surface area (Å²) in [6.45, 7) is 5.18. The molecule has 7 heteroatoms. The third-order valence-corrected chi connectivity index (χ3v) is 4.90. The molecule has 1 spiro atoms. The predicted octanol–water partition coefficient (Wildman–Crippen LogP) is 2.08. The number of rotatable bonds is 7. The molecular formula is C19H28N2O5. The van der Waals surface area contributed by atoms with Gasteiger partial charge < -0.3 is 14.2 Å². The van der Waals surface area contributed by atoms with Gasteiger partial charge in [0.05, 0.1) is 32.4 Å². The van der Waals surface area contributed by atoms with Gasteiger partial charge in [0.15, 0.2) is 5.79 Å². The minimum absolute atomic E-state index is 0.414. The number of carbonyl (C=O) groups is 1. The van der Waals surface area contributed by atoms with Crippen LogP contribution in [0.25, 0.3) is 0 Å². The molecule has 0 radical (unpaired) electrons. The van der Waals surface area contributed by atoms with Crippen molar-refractivity contribution in [2.45, 2.75) is 51.0 Å². The van der Waals surface area contributed by atoms with E-state index in [2.05, 4.69) is 6.92 Å². The molecule has 2 heterocycles. The minimum Gasteiger partial charge on any atom is -0.494 e. The molecule has 0 saturated carbocycles. The van der Waals surface area contributed by atoms with Gasteiger partial charge in [-0.15, -0.1) is 0 Å². The van der Waals surface area contributed by atoms with Crippen LogP contribution in [0.3, 0.4) is 0 Å². The van der Waals surface area contributed by atoms with E-state index in [9.17, 15) is 4.79 Å². The molecular weight excluding hydrogens is 336 g/mol. The van der Waals surface area contributed by atoms with E-state index in [0.29, 0.717) is 32.7 Å². The van der Waals surface area contributed by atoms with Crippen LogP contribution < -0.4 is 10.2 Å². The summed E-state index contributed by atoms with van der Waals surface area (Å²) in [5.41, 5.74) is 2.84. The second kappa shape index (κ2) is 8.81. The number of hydrogen-bond acceptors (Lipinski definition) is 6. The van der Waals surface area contributed by atoms with Crippen molar-refractivity contribution in [1.29, 1.82) is 0 Å². The zero-order chi connectivity index (χ0) is 18.4. The summed E-state index contributed by atoms with van der Waals surface area (Å²) in [5, 5.41) is 9.08. The lowest BCUT2D eigenvalue weighted by atomic mass is 10.1. The van der Waals surface area contributed by atoms with Crippen LogP contribution in [0.15, 0.2) is 24.3 Å². The molecule has 1 aromatic rings. The summed E-state index contributed by atoms with van der Waals surface area (Å²) in [5.74, 6) is -0.332. The van der Waals surface area contributed by atoms with Crippen molar-refractivity contribution in [3.8, 4) is 5.75 Å². The number of unbranched alkanes of at least 4 members (excludes halogenated alkanes) is 1. The molecule has 2 N–H and O–H groups in total. The van der Waals surface area contributed by atoms with Crippen molar-refractivity contribution in [1.82, 2.24) is 10.4 Å². The third-order valence-electron chi connectivity index (χ3n) is 4.90. The Morgan fingerprint density at radius 1 is 1.35 bits per heavy atom. The van der Waals surface area contributed by atoms with Gasteiger partial charge in [-0.3, -0.25) is 14.9 Å². The van der Waals surface area contributed by atoms with Crippen molar-refractivity contribution in [3.05, 3.63) is 29.8 Å². The van der Waals surface area contributed by atoms with E-state index in [-0.39, 0.29) is 0 Å². The van der Waals surface area contributed by atoms with E-state index < -0.39 is 17.7 Å². The van der Waals surface area contributed by atoms with Crippen LogP contribution >= 0.6 is 0 Å². The average molecular weight is 364 g/mol. The molecule has 0 bridgehead atoms. The summed E-state index contributed by atoms with van der Waals surface area (Å²) < 4.78 is 17.4. The van der Waals surface area contributed by atoms with E-state index in [0.717, 1.165) is 37.2 Å². The van der Waals surface area contributed by atoms with Gasteiger partial charge in [0, 0.05) is 13.0 Å². The molecule has 1 atom stereocenters. The lowest BCUT2D eigenvalue weighted by Crippen LogP contribution is -2.43. The summed E-state index contributed by atoms with van der Waals surface area (Å²) in [6, 6.07) is 7.42. The van der Waals surface area contributed by atoms with Gasteiger partial charge in [0.1, 0.15) is 5.75 Å². The topological polar surface area (TPSA) is 80.3 Å². The van der Waals surface area contributed by atoms with Gasteiger partial charge in [0.2, 0.25) is 0 Å². The zero-order valence-corrected chi connectivity index (χ0v) is 15.3. The third kappa shape index (κ3) is 4.54. The van der Waals surface area contributed by atoms with Crippen molar-refractivity contribution in [3.63, 3.8) is 0 Å². The van der Waals surface area contributed by atoms with Crippen LogP contribution in [0.4, 0.5) is 0 Å². The van der Waals surface area contributed by atoms with Crippen LogP contribution in [-0.4, -0.2) is 54.2 Å². The number of amides is 1. The van der Waals surface area contributed by atoms with Crippen LogP contribution in [0.1, 0.15) is 38.2 Å². The second-order valence-corrected chi connectivity index (χ2v) is 6.91. The minimum atomic E-state index is -0.751. The number of nitrogens with one attached hydrogen (secondary N) is 1. The van der Waals surface area contributed by atoms with Crippen LogP contribution in [0.2, 0.25) is 0 Å². The molecule has 1 aromatic carbocycles. The quantitative estimate of drug-likeness (QED) is 0.438. The Morgan fingerprint density at radius 2 is 2.08 bits per heavy atom. The van der Waals surface area contributed by atoms with Gasteiger partial charge in [-0.1, -0.05) is 25.5 Å². The summed E-state index contributed by atoms with van der Waals surface area (Å²) in [6.07, 6.45) is 3.42. The molecule has 1 amide bonds. The molecule has 0 unspecified atom stereocenters. The van der Waals surface area contributed by atoms with E-state index >= 15 is 0 Å². The van der Waals surface area contributed by atoms with Gasteiger partial charge in [-0.05, 0) is 30.5 Å². The Morgan fingerprint density at radius 3 is 2.73 bits per heavy atom. The maximum Gasteiger partial charge on any atom is 0.260 e. The van der Waals surface area contributed by atoms with Crippen LogP contribution in [0.5, 0.6) is 5.75 Å². The van der Waals surface area contributed by atoms with Crippen molar-refractivity contribution < 1.29 is 24.2 Å². The van der Waals surface area contributed by atoms with Gasteiger partial charge in [-0.2, -0.15) is 0 Å². The largest absolute Gasteiger partial charge is 0.494 e. The first kappa shape index (κ1) is 19.1. The number of ether oxygens (including phenoxy) is 3. The molecule has 26 heavy (non-hydrogen) atoms. The first-order chi connectivity index (χ1) is 12.7. The molecule has 7 nitrogen and oxygen atoms in total. The fraction of sp³-hybridized carbons (Fsp3) is 0.632. The fourth-order valence-corrected chi connectivity index (χ4v) is 3.49. The van der Waals surface area contributed by atoms with E-state index in [1.807, 2.05) is 29.2 Å². The van der Waals surface area contributed by atoms with Crippen LogP contribution in [0, 0.1) is 0 Å². The fourth-order valence-electron chi connectivity index (χ4n) is 3.49. The smallest absolute Gasteiger partial charge is 0.260 e. The number of hydrogen-bond donors (Lipinski definition) is 2. The summed E-state index contributed by atoms with van der Waals surface area (Å²) in [7, 11) is 0. The van der Waals surface area contributed by atoms with Gasteiger partial charge in [-0.25, -0.2) is 5.48 Å². The Kier molecular flexibility index (Phi) is 6.48. The number of hydroxylamine groups is 1. The van der Waals surface area contributed by atoms with Crippen molar-refractivity contribution in [2.75, 3.05) is 26.4 Å². The summed E-state index contributed by atoms with van der Waals surface area (Å²) >= 11 is 0. The van der Waals surface area contributed by atoms with Crippen molar-refractivity contribution >= 4 is 5.91 Å². The molecule has 2 aliphatic rings. The molecule has 144 valence electrons. The molecule has 2 fully saturated rings. The van der Waals surface area contributed by atoms with Gasteiger partial charge in [0.25, 0.3) is 5.91 Å². The average Bonchev–Trinajstić information content (AvgIpc) is 3.00. The maximum absolute atomic E-state index is 12.1. The van der Waals surface area contributed by atoms with E-state index in [4.69, 9.17) is 19.4 Å². The Labute approximate surface area is 154 Å². The van der Waals surface area contributed by atoms with Gasteiger partial charge >= 0.3 is 0 Å². The normalized spacial score (nSPS) is 22.5.